The summed E-state index contributed by atoms with van der Waals surface area (Å²) in [6.45, 7) is 1.42. The van der Waals surface area contributed by atoms with Crippen LogP contribution in [0.1, 0.15) is 18.2 Å². The second-order valence-electron chi connectivity index (χ2n) is 9.11. The van der Waals surface area contributed by atoms with Crippen LogP contribution in [0.4, 0.5) is 0 Å². The van der Waals surface area contributed by atoms with Crippen molar-refractivity contribution >= 4 is 54.6 Å². The second-order valence-corrected chi connectivity index (χ2v) is 12.8. The van der Waals surface area contributed by atoms with Gasteiger partial charge in [-0.15, -0.1) is 0 Å². The Morgan fingerprint density at radius 1 is 1.11 bits per heavy atom. The van der Waals surface area contributed by atoms with Crippen LogP contribution in [0.3, 0.4) is 0 Å². The summed E-state index contributed by atoms with van der Waals surface area (Å²) < 4.78 is 52.4. The largest absolute Gasteiger partial charge is 0.760 e. The summed E-state index contributed by atoms with van der Waals surface area (Å²) >= 11 is 3.90. The number of hydrogen-bond donors (Lipinski definition) is 0. The molecular formula is C23H25ClN5O5S2-. The predicted molar refractivity (Wildman–Crippen MR) is 139 cm³/mol. The molecule has 0 bridgehead atoms. The fourth-order valence-corrected chi connectivity index (χ4v) is 6.30. The molecule has 13 heteroatoms. The lowest BCUT2D eigenvalue weighted by Crippen LogP contribution is -2.50. The topological polar surface area (TPSA) is 122 Å². The number of imidazole rings is 1. The molecule has 1 aliphatic rings. The highest BCUT2D eigenvalue weighted by Gasteiger charge is 2.32. The van der Waals surface area contributed by atoms with Gasteiger partial charge in [-0.2, -0.15) is 0 Å². The predicted octanol–water partition coefficient (Wildman–Crippen LogP) is 2.13. The first-order valence-electron chi connectivity index (χ1n) is 11.5. The Bertz CT molecular complexity index is 1640. The smallest absolute Gasteiger partial charge is 0.329 e. The minimum Gasteiger partial charge on any atom is -0.760 e. The summed E-state index contributed by atoms with van der Waals surface area (Å²) in [4.78, 5) is 17.6. The van der Waals surface area contributed by atoms with Crippen LogP contribution in [0.25, 0.3) is 21.9 Å². The van der Waals surface area contributed by atoms with Gasteiger partial charge in [0.25, 0.3) is 0 Å². The molecule has 5 rings (SSSR count). The zero-order valence-corrected chi connectivity index (χ0v) is 21.9. The quantitative estimate of drug-likeness (QED) is 0.294. The number of pyridine rings is 1. The van der Waals surface area contributed by atoms with Gasteiger partial charge in [-0.25, -0.2) is 17.5 Å². The van der Waals surface area contributed by atoms with Gasteiger partial charge in [-0.3, -0.25) is 18.3 Å². The fourth-order valence-electron chi connectivity index (χ4n) is 4.88. The molecule has 0 amide bonds. The molecule has 0 radical (unpaired) electrons. The molecule has 0 aliphatic carbocycles. The molecular weight excluding hydrogens is 526 g/mol. The van der Waals surface area contributed by atoms with Crippen LogP contribution in [-0.2, 0) is 40.6 Å². The SMILES string of the molecule is CS(=O)(=O)CCCn1c(CCn2c(=O)n(C3CN(S(=O)[O-])C3)c3ccncc32)cc2cc(Cl)ccc21. The lowest BCUT2D eigenvalue weighted by Gasteiger charge is -2.40. The number of fused-ring (bicyclic) bond motifs is 2. The van der Waals surface area contributed by atoms with Crippen LogP contribution in [0.2, 0.25) is 5.02 Å². The summed E-state index contributed by atoms with van der Waals surface area (Å²) in [5.74, 6) is 0.0882. The summed E-state index contributed by atoms with van der Waals surface area (Å²) in [7, 11) is -3.08. The molecule has 1 aliphatic heterocycles. The summed E-state index contributed by atoms with van der Waals surface area (Å²) in [6, 6.07) is 9.17. The van der Waals surface area contributed by atoms with Gasteiger partial charge in [-0.1, -0.05) is 11.6 Å². The van der Waals surface area contributed by atoms with Crippen molar-refractivity contribution in [1.82, 2.24) is 23.0 Å². The van der Waals surface area contributed by atoms with Crippen LogP contribution < -0.4 is 5.69 Å². The molecule has 4 aromatic rings. The third-order valence-electron chi connectivity index (χ3n) is 6.61. The summed E-state index contributed by atoms with van der Waals surface area (Å²) in [5.41, 5.74) is 3.12. The highest BCUT2D eigenvalue weighted by atomic mass is 35.5. The van der Waals surface area contributed by atoms with Crippen LogP contribution in [0, 0.1) is 0 Å². The number of nitrogens with zero attached hydrogens (tertiary/aromatic N) is 5. The van der Waals surface area contributed by atoms with Crippen molar-refractivity contribution in [1.29, 1.82) is 0 Å². The molecule has 4 heterocycles. The summed E-state index contributed by atoms with van der Waals surface area (Å²) in [6.07, 6.45) is 5.50. The highest BCUT2D eigenvalue weighted by molar-refractivity contribution is 7.90. The monoisotopic (exact) mass is 550 g/mol. The van der Waals surface area contributed by atoms with Gasteiger partial charge in [0, 0.05) is 77.9 Å². The van der Waals surface area contributed by atoms with Crippen molar-refractivity contribution in [3.05, 3.63) is 63.9 Å². The first-order valence-corrected chi connectivity index (χ1v) is 14.9. The zero-order valence-electron chi connectivity index (χ0n) is 19.5. The van der Waals surface area contributed by atoms with Crippen molar-refractivity contribution in [2.24, 2.45) is 0 Å². The van der Waals surface area contributed by atoms with Crippen molar-refractivity contribution in [3.63, 3.8) is 0 Å². The molecule has 1 fully saturated rings. The van der Waals surface area contributed by atoms with Gasteiger partial charge in [0.15, 0.2) is 0 Å². The van der Waals surface area contributed by atoms with E-state index in [9.17, 15) is 22.0 Å². The van der Waals surface area contributed by atoms with E-state index in [1.54, 1.807) is 33.7 Å². The number of aromatic nitrogens is 4. The molecule has 1 atom stereocenters. The normalized spacial score (nSPS) is 16.1. The van der Waals surface area contributed by atoms with Crippen LogP contribution in [0.5, 0.6) is 0 Å². The van der Waals surface area contributed by atoms with Gasteiger partial charge in [0.1, 0.15) is 9.84 Å². The number of halogens is 1. The van der Waals surface area contributed by atoms with E-state index < -0.39 is 21.1 Å². The molecule has 192 valence electrons. The van der Waals surface area contributed by atoms with E-state index in [-0.39, 0.29) is 30.6 Å². The Labute approximate surface area is 215 Å². The average Bonchev–Trinajstić information content (AvgIpc) is 3.24. The van der Waals surface area contributed by atoms with E-state index in [4.69, 9.17) is 11.6 Å². The van der Waals surface area contributed by atoms with Crippen molar-refractivity contribution in [2.45, 2.75) is 32.0 Å². The maximum Gasteiger partial charge on any atom is 0.329 e. The van der Waals surface area contributed by atoms with Crippen molar-refractivity contribution < 1.29 is 17.2 Å². The lowest BCUT2D eigenvalue weighted by atomic mass is 10.2. The Morgan fingerprint density at radius 2 is 1.89 bits per heavy atom. The molecule has 36 heavy (non-hydrogen) atoms. The number of hydrogen-bond acceptors (Lipinski definition) is 6. The Morgan fingerprint density at radius 3 is 2.61 bits per heavy atom. The van der Waals surface area contributed by atoms with Gasteiger partial charge < -0.3 is 9.12 Å². The van der Waals surface area contributed by atoms with Crippen LogP contribution >= 0.6 is 11.6 Å². The molecule has 1 unspecified atom stereocenters. The lowest BCUT2D eigenvalue weighted by molar-refractivity contribution is 0.198. The van der Waals surface area contributed by atoms with Gasteiger partial charge in [0.05, 0.1) is 29.0 Å². The van der Waals surface area contributed by atoms with E-state index in [1.807, 2.05) is 18.2 Å². The molecule has 1 saturated heterocycles. The average molecular weight is 551 g/mol. The van der Waals surface area contributed by atoms with Gasteiger partial charge in [-0.05, 0) is 36.8 Å². The molecule has 0 N–H and O–H groups in total. The highest BCUT2D eigenvalue weighted by Crippen LogP contribution is 2.27. The summed E-state index contributed by atoms with van der Waals surface area (Å²) in [5, 5.41) is 1.56. The molecule has 0 saturated carbocycles. The fraction of sp³-hybridized carbons (Fsp3) is 0.391. The molecule has 3 aromatic heterocycles. The van der Waals surface area contributed by atoms with E-state index >= 15 is 0 Å². The van der Waals surface area contributed by atoms with E-state index in [0.29, 0.717) is 36.5 Å². The van der Waals surface area contributed by atoms with Crippen LogP contribution in [0.15, 0.2) is 47.5 Å². The Kier molecular flexibility index (Phi) is 6.81. The van der Waals surface area contributed by atoms with Crippen molar-refractivity contribution in [3.8, 4) is 0 Å². The Hall–Kier alpha value is -2.51. The third-order valence-corrected chi connectivity index (χ3v) is 8.59. The Balaban J connectivity index is 1.46. The van der Waals surface area contributed by atoms with E-state index in [1.165, 1.54) is 10.6 Å². The molecule has 10 nitrogen and oxygen atoms in total. The maximum atomic E-state index is 13.4. The number of aryl methyl sites for hydroxylation is 3. The minimum absolute atomic E-state index is 0.0882. The maximum absolute atomic E-state index is 13.4. The minimum atomic E-state index is -3.08. The van der Waals surface area contributed by atoms with E-state index in [2.05, 4.69) is 9.55 Å². The van der Waals surface area contributed by atoms with E-state index in [0.717, 1.165) is 22.1 Å². The third kappa shape index (κ3) is 4.88. The number of sulfone groups is 1. The number of rotatable bonds is 9. The molecule has 0 spiro atoms. The molecule has 1 aromatic carbocycles. The zero-order chi connectivity index (χ0) is 25.6. The van der Waals surface area contributed by atoms with Crippen LogP contribution in [-0.4, -0.2) is 65.3 Å². The first kappa shape index (κ1) is 25.2. The van der Waals surface area contributed by atoms with Gasteiger partial charge in [0.2, 0.25) is 0 Å². The van der Waals surface area contributed by atoms with Crippen molar-refractivity contribution in [2.75, 3.05) is 25.1 Å². The number of benzene rings is 1. The van der Waals surface area contributed by atoms with Gasteiger partial charge >= 0.3 is 5.69 Å². The standard InChI is InChI=1S/C23H26ClN5O5S2/c1-36(33,34)10-2-8-27-18(12-16-11-17(24)3-4-20(16)27)6-9-28-22-13-25-7-5-21(22)29(23(28)30)19-14-26(15-19)35(31)32/h3-5,7,11-13,19H,2,6,8-10,14-15H2,1H3,(H,31,32)/p-1. The first-order chi connectivity index (χ1) is 17.1. The second kappa shape index (κ2) is 9.75.